The first-order valence-corrected chi connectivity index (χ1v) is 10.7. The first kappa shape index (κ1) is 22.3. The van der Waals surface area contributed by atoms with Crippen LogP contribution in [-0.4, -0.2) is 28.3 Å². The van der Waals surface area contributed by atoms with Gasteiger partial charge < -0.3 is 14.4 Å². The minimum atomic E-state index is -1.35. The average molecular weight is 448 g/mol. The number of carboxylic acid groups (broad SMARTS) is 1. The third kappa shape index (κ3) is 5.12. The van der Waals surface area contributed by atoms with Crippen LogP contribution in [0.1, 0.15) is 37.0 Å². The smallest absolute Gasteiger partial charge is 0.361 e. The molecule has 1 aliphatic rings. The van der Waals surface area contributed by atoms with E-state index in [1.54, 1.807) is 30.3 Å². The van der Waals surface area contributed by atoms with E-state index < -0.39 is 23.2 Å². The number of nitrogens with zero attached hydrogens (tertiary/aromatic N) is 2. The number of carbonyl (C=O) groups is 2. The van der Waals surface area contributed by atoms with E-state index in [0.29, 0.717) is 18.5 Å². The molecule has 3 aromatic rings. The summed E-state index contributed by atoms with van der Waals surface area (Å²) in [5.74, 6) is -1.70. The van der Waals surface area contributed by atoms with Gasteiger partial charge in [-0.15, -0.1) is 0 Å². The highest BCUT2D eigenvalue weighted by atomic mass is 16.7. The van der Waals surface area contributed by atoms with Gasteiger partial charge in [0.1, 0.15) is 6.61 Å². The lowest BCUT2D eigenvalue weighted by molar-refractivity contribution is -0.152. The number of carboxylic acids is 1. The van der Waals surface area contributed by atoms with Gasteiger partial charge in [-0.25, -0.2) is 4.79 Å². The summed E-state index contributed by atoms with van der Waals surface area (Å²) < 4.78 is 5.16. The van der Waals surface area contributed by atoms with Gasteiger partial charge in [0.2, 0.25) is 11.3 Å². The first-order valence-electron chi connectivity index (χ1n) is 10.7. The quantitative estimate of drug-likeness (QED) is 0.380. The molecule has 0 unspecified atom stereocenters. The van der Waals surface area contributed by atoms with Crippen LogP contribution in [0.5, 0.6) is 0 Å². The summed E-state index contributed by atoms with van der Waals surface area (Å²) in [6.07, 6.45) is 3.60. The molecule has 0 bridgehead atoms. The molecule has 170 valence electrons. The topological polar surface area (TPSA) is 102 Å². The zero-order valence-corrected chi connectivity index (χ0v) is 17.9. The maximum absolute atomic E-state index is 13.8. The van der Waals surface area contributed by atoms with Gasteiger partial charge in [0.05, 0.1) is 12.0 Å². The van der Waals surface area contributed by atoms with Gasteiger partial charge >= 0.3 is 5.97 Å². The number of furan rings is 1. The van der Waals surface area contributed by atoms with Crippen molar-refractivity contribution in [1.82, 2.24) is 0 Å². The molecule has 1 N–H and O–H groups in total. The summed E-state index contributed by atoms with van der Waals surface area (Å²) in [5.41, 5.74) is -0.311. The predicted molar refractivity (Wildman–Crippen MR) is 120 cm³/mol. The van der Waals surface area contributed by atoms with Crippen LogP contribution in [0.4, 0.5) is 5.69 Å². The summed E-state index contributed by atoms with van der Waals surface area (Å²) in [5, 5.41) is 14.6. The molecular weight excluding hydrogens is 424 g/mol. The van der Waals surface area contributed by atoms with E-state index in [1.807, 2.05) is 36.4 Å². The van der Waals surface area contributed by atoms with Crippen molar-refractivity contribution in [3.05, 3.63) is 90.4 Å². The second-order valence-corrected chi connectivity index (χ2v) is 7.71. The largest absolute Gasteiger partial charge is 0.476 e. The number of amides is 1. The van der Waals surface area contributed by atoms with E-state index in [0.717, 1.165) is 18.4 Å². The first-order chi connectivity index (χ1) is 16.1. The number of hydroxylamine groups is 1. The monoisotopic (exact) mass is 448 g/mol. The number of benzene rings is 2. The van der Waals surface area contributed by atoms with Crippen LogP contribution in [0.25, 0.3) is 0 Å². The highest BCUT2D eigenvalue weighted by molar-refractivity contribution is 6.41. The van der Waals surface area contributed by atoms with E-state index in [9.17, 15) is 14.7 Å². The van der Waals surface area contributed by atoms with Crippen molar-refractivity contribution in [3.63, 3.8) is 0 Å². The molecule has 0 radical (unpaired) electrons. The molecule has 33 heavy (non-hydrogen) atoms. The van der Waals surface area contributed by atoms with Crippen LogP contribution in [0.3, 0.4) is 0 Å². The van der Waals surface area contributed by atoms with Gasteiger partial charge in [0.15, 0.2) is 5.76 Å². The lowest BCUT2D eigenvalue weighted by Crippen LogP contribution is -2.49. The number of oxime groups is 1. The second kappa shape index (κ2) is 10.1. The number of aliphatic carboxylic acids is 1. The van der Waals surface area contributed by atoms with E-state index in [1.165, 1.54) is 17.4 Å². The second-order valence-electron chi connectivity index (χ2n) is 7.71. The van der Waals surface area contributed by atoms with Crippen LogP contribution in [0.15, 0.2) is 88.6 Å². The Bertz CT molecular complexity index is 1090. The Kier molecular flexibility index (Phi) is 6.85. The van der Waals surface area contributed by atoms with Crippen molar-refractivity contribution < 1.29 is 28.8 Å². The molecule has 8 nitrogen and oxygen atoms in total. The van der Waals surface area contributed by atoms with Gasteiger partial charge in [0, 0.05) is 0 Å². The third-order valence-corrected chi connectivity index (χ3v) is 5.45. The normalized spacial score (nSPS) is 15.2. The molecule has 1 aliphatic carbocycles. The van der Waals surface area contributed by atoms with Crippen molar-refractivity contribution in [2.45, 2.75) is 37.9 Å². The molecule has 1 amide bonds. The van der Waals surface area contributed by atoms with E-state index in [4.69, 9.17) is 14.1 Å². The van der Waals surface area contributed by atoms with Gasteiger partial charge in [-0.05, 0) is 55.5 Å². The van der Waals surface area contributed by atoms with Crippen LogP contribution < -0.4 is 5.06 Å². The number of hydrogen-bond acceptors (Lipinski definition) is 6. The molecule has 0 saturated heterocycles. The maximum Gasteiger partial charge on any atom is 0.361 e. The Morgan fingerprint density at radius 2 is 1.64 bits per heavy atom. The number of carbonyl (C=O) groups excluding carboxylic acids is 1. The molecule has 1 heterocycles. The Labute approximate surface area is 191 Å². The minimum absolute atomic E-state index is 0.0448. The highest BCUT2D eigenvalue weighted by Crippen LogP contribution is 2.37. The molecule has 1 saturated carbocycles. The molecule has 1 aromatic heterocycles. The summed E-state index contributed by atoms with van der Waals surface area (Å²) >= 11 is 0. The minimum Gasteiger partial charge on any atom is -0.476 e. The van der Waals surface area contributed by atoms with Crippen molar-refractivity contribution in [2.75, 3.05) is 5.06 Å². The van der Waals surface area contributed by atoms with Crippen molar-refractivity contribution >= 4 is 23.3 Å². The van der Waals surface area contributed by atoms with E-state index >= 15 is 0 Å². The summed E-state index contributed by atoms with van der Waals surface area (Å²) in [4.78, 5) is 37.2. The molecule has 0 atom stereocenters. The molecule has 1 fully saturated rings. The number of para-hydroxylation sites is 1. The third-order valence-electron chi connectivity index (χ3n) is 5.45. The van der Waals surface area contributed by atoms with Gasteiger partial charge in [-0.1, -0.05) is 53.7 Å². The average Bonchev–Trinajstić information content (AvgIpc) is 3.54. The molecule has 0 spiro atoms. The number of hydrogen-bond donors (Lipinski definition) is 1. The van der Waals surface area contributed by atoms with Crippen LogP contribution in [0, 0.1) is 0 Å². The van der Waals surface area contributed by atoms with E-state index in [-0.39, 0.29) is 12.4 Å². The Balaban J connectivity index is 1.63. The zero-order valence-electron chi connectivity index (χ0n) is 17.9. The lowest BCUT2D eigenvalue weighted by atomic mass is 10.0. The van der Waals surface area contributed by atoms with Crippen molar-refractivity contribution in [3.8, 4) is 0 Å². The fourth-order valence-corrected chi connectivity index (χ4v) is 3.74. The van der Waals surface area contributed by atoms with Gasteiger partial charge in [-0.2, -0.15) is 5.06 Å². The molecule has 0 aliphatic heterocycles. The highest BCUT2D eigenvalue weighted by Gasteiger charge is 2.48. The number of anilines is 1. The van der Waals surface area contributed by atoms with Crippen molar-refractivity contribution in [2.24, 2.45) is 5.16 Å². The number of rotatable bonds is 9. The molecule has 8 heteroatoms. The molecule has 2 aromatic carbocycles. The van der Waals surface area contributed by atoms with Crippen LogP contribution >= 0.6 is 0 Å². The summed E-state index contributed by atoms with van der Waals surface area (Å²) in [6, 6.07) is 21.5. The summed E-state index contributed by atoms with van der Waals surface area (Å²) in [6.45, 7) is 0.174. The maximum atomic E-state index is 13.8. The van der Waals surface area contributed by atoms with Crippen LogP contribution in [0.2, 0.25) is 0 Å². The standard InChI is InChI=1S/C25H24N2O6/c28-23(29)22(21-14-9-17-31-21)26-33-25(15-7-8-16-25)24(30)27(20-12-5-2-6-13-20)32-18-19-10-3-1-4-11-19/h1-6,9-14,17H,7-8,15-16,18H2,(H,28,29)/b26-22-. The Hall–Kier alpha value is -3.91. The fraction of sp³-hybridized carbons (Fsp3) is 0.240. The summed E-state index contributed by atoms with van der Waals surface area (Å²) in [7, 11) is 0. The van der Waals surface area contributed by atoms with Gasteiger partial charge in [-0.3, -0.25) is 9.63 Å². The molecule has 4 rings (SSSR count). The Morgan fingerprint density at radius 1 is 0.970 bits per heavy atom. The van der Waals surface area contributed by atoms with Crippen molar-refractivity contribution in [1.29, 1.82) is 0 Å². The Morgan fingerprint density at radius 3 is 2.24 bits per heavy atom. The van der Waals surface area contributed by atoms with Gasteiger partial charge in [0.25, 0.3) is 5.91 Å². The fourth-order valence-electron chi connectivity index (χ4n) is 3.74. The molecular formula is C25H24N2O6. The SMILES string of the molecule is O=C(O)/C(=N\OC1(C(=O)N(OCc2ccccc2)c2ccccc2)CCCC1)c1ccco1. The zero-order chi connectivity index (χ0) is 23.1. The van der Waals surface area contributed by atoms with E-state index in [2.05, 4.69) is 5.16 Å². The van der Waals surface area contributed by atoms with Crippen LogP contribution in [-0.2, 0) is 25.9 Å². The lowest BCUT2D eigenvalue weighted by Gasteiger charge is -2.31. The predicted octanol–water partition coefficient (Wildman–Crippen LogP) is 4.56.